The Morgan fingerprint density at radius 1 is 1.14 bits per heavy atom. The van der Waals surface area contributed by atoms with Crippen LogP contribution in [0.3, 0.4) is 0 Å². The Balaban J connectivity index is 2.43. The molecule has 0 aliphatic carbocycles. The second kappa shape index (κ2) is 8.97. The van der Waals surface area contributed by atoms with E-state index in [0.29, 0.717) is 25.3 Å². The summed E-state index contributed by atoms with van der Waals surface area (Å²) in [4.78, 5) is 23.2. The average molecular weight is 293 g/mol. The summed E-state index contributed by atoms with van der Waals surface area (Å²) in [5, 5.41) is 8.25. The number of ether oxygens (including phenoxy) is 1. The van der Waals surface area contributed by atoms with Crippen LogP contribution in [0.5, 0.6) is 0 Å². The number of amides is 3. The van der Waals surface area contributed by atoms with E-state index in [1.165, 1.54) is 0 Å². The lowest BCUT2D eigenvalue weighted by molar-refractivity contribution is 0.0937. The SMILES string of the molecule is COCCNC(=O)c1ccc(CNC(=O)NC(C)C)cc1. The van der Waals surface area contributed by atoms with Crippen LogP contribution in [0.2, 0.25) is 0 Å². The van der Waals surface area contributed by atoms with Crippen molar-refractivity contribution < 1.29 is 14.3 Å². The molecule has 0 atom stereocenters. The third-order valence-corrected chi connectivity index (χ3v) is 2.68. The Bertz CT molecular complexity index is 458. The van der Waals surface area contributed by atoms with Crippen molar-refractivity contribution in [2.24, 2.45) is 0 Å². The monoisotopic (exact) mass is 293 g/mol. The van der Waals surface area contributed by atoms with E-state index in [1.54, 1.807) is 19.2 Å². The zero-order chi connectivity index (χ0) is 15.7. The lowest BCUT2D eigenvalue weighted by Gasteiger charge is -2.10. The normalized spacial score (nSPS) is 10.3. The van der Waals surface area contributed by atoms with Crippen LogP contribution >= 0.6 is 0 Å². The van der Waals surface area contributed by atoms with E-state index in [1.807, 2.05) is 26.0 Å². The molecule has 1 aromatic rings. The van der Waals surface area contributed by atoms with E-state index < -0.39 is 0 Å². The first-order valence-electron chi connectivity index (χ1n) is 6.93. The highest BCUT2D eigenvalue weighted by Crippen LogP contribution is 2.04. The summed E-state index contributed by atoms with van der Waals surface area (Å²) in [6, 6.07) is 7.01. The van der Waals surface area contributed by atoms with Gasteiger partial charge in [-0.3, -0.25) is 4.79 Å². The Hall–Kier alpha value is -2.08. The molecule has 3 amide bonds. The Kier molecular flexibility index (Phi) is 7.25. The van der Waals surface area contributed by atoms with E-state index in [9.17, 15) is 9.59 Å². The van der Waals surface area contributed by atoms with E-state index in [2.05, 4.69) is 16.0 Å². The molecule has 6 heteroatoms. The molecule has 0 unspecified atom stereocenters. The quantitative estimate of drug-likeness (QED) is 0.662. The van der Waals surface area contributed by atoms with Crippen LogP contribution in [0.4, 0.5) is 4.79 Å². The number of benzene rings is 1. The summed E-state index contributed by atoms with van der Waals surface area (Å²) >= 11 is 0. The van der Waals surface area contributed by atoms with Crippen molar-refractivity contribution in [2.75, 3.05) is 20.3 Å². The third-order valence-electron chi connectivity index (χ3n) is 2.68. The molecular formula is C15H23N3O3. The van der Waals surface area contributed by atoms with E-state index >= 15 is 0 Å². The van der Waals surface area contributed by atoms with Gasteiger partial charge >= 0.3 is 6.03 Å². The van der Waals surface area contributed by atoms with Crippen molar-refractivity contribution in [1.29, 1.82) is 0 Å². The van der Waals surface area contributed by atoms with Crippen molar-refractivity contribution in [3.05, 3.63) is 35.4 Å². The Labute approximate surface area is 125 Å². The summed E-state index contributed by atoms with van der Waals surface area (Å²) in [7, 11) is 1.59. The highest BCUT2D eigenvalue weighted by atomic mass is 16.5. The number of nitrogens with one attached hydrogen (secondary N) is 3. The fraction of sp³-hybridized carbons (Fsp3) is 0.467. The van der Waals surface area contributed by atoms with Gasteiger partial charge in [0.05, 0.1) is 6.61 Å². The second-order valence-corrected chi connectivity index (χ2v) is 4.93. The minimum absolute atomic E-state index is 0.100. The van der Waals surface area contributed by atoms with Crippen molar-refractivity contribution >= 4 is 11.9 Å². The van der Waals surface area contributed by atoms with Crippen LogP contribution in [0.1, 0.15) is 29.8 Å². The van der Waals surface area contributed by atoms with E-state index in [0.717, 1.165) is 5.56 Å². The number of carbonyl (C=O) groups is 2. The average Bonchev–Trinajstić information content (AvgIpc) is 2.45. The first-order chi connectivity index (χ1) is 10.0. The molecule has 116 valence electrons. The molecule has 0 saturated carbocycles. The highest BCUT2D eigenvalue weighted by molar-refractivity contribution is 5.94. The molecule has 0 bridgehead atoms. The fourth-order valence-electron chi connectivity index (χ4n) is 1.64. The van der Waals surface area contributed by atoms with E-state index in [4.69, 9.17) is 4.74 Å². The third kappa shape index (κ3) is 6.76. The van der Waals surface area contributed by atoms with Crippen LogP contribution in [0, 0.1) is 0 Å². The number of hydrogen-bond donors (Lipinski definition) is 3. The zero-order valence-corrected chi connectivity index (χ0v) is 12.7. The summed E-state index contributed by atoms with van der Waals surface area (Å²) in [6.07, 6.45) is 0. The Morgan fingerprint density at radius 2 is 1.81 bits per heavy atom. The van der Waals surface area contributed by atoms with Gasteiger partial charge in [-0.25, -0.2) is 4.79 Å². The molecule has 0 spiro atoms. The molecule has 0 aliphatic rings. The summed E-state index contributed by atoms with van der Waals surface area (Å²) in [5.41, 5.74) is 1.52. The predicted octanol–water partition coefficient (Wildman–Crippen LogP) is 1.27. The maximum atomic E-state index is 11.8. The number of urea groups is 1. The number of rotatable bonds is 7. The number of methoxy groups -OCH3 is 1. The summed E-state index contributed by atoms with van der Waals surface area (Å²) in [6.45, 7) is 5.18. The van der Waals surface area contributed by atoms with Crippen LogP contribution in [0.25, 0.3) is 0 Å². The van der Waals surface area contributed by atoms with Gasteiger partial charge in [0.2, 0.25) is 0 Å². The molecule has 3 N–H and O–H groups in total. The van der Waals surface area contributed by atoms with Crippen molar-refractivity contribution in [3.63, 3.8) is 0 Å². The molecule has 0 heterocycles. The lowest BCUT2D eigenvalue weighted by atomic mass is 10.1. The van der Waals surface area contributed by atoms with Gasteiger partial charge in [-0.15, -0.1) is 0 Å². The topological polar surface area (TPSA) is 79.5 Å². The molecule has 0 radical (unpaired) electrons. The van der Waals surface area contributed by atoms with Gasteiger partial charge in [0.1, 0.15) is 0 Å². The molecule has 0 fully saturated rings. The smallest absolute Gasteiger partial charge is 0.315 e. The number of carbonyl (C=O) groups excluding carboxylic acids is 2. The van der Waals surface area contributed by atoms with Gasteiger partial charge in [0.25, 0.3) is 5.91 Å². The zero-order valence-electron chi connectivity index (χ0n) is 12.7. The first-order valence-corrected chi connectivity index (χ1v) is 6.93. The lowest BCUT2D eigenvalue weighted by Crippen LogP contribution is -2.39. The minimum atomic E-state index is -0.202. The van der Waals surface area contributed by atoms with Gasteiger partial charge < -0.3 is 20.7 Å². The largest absolute Gasteiger partial charge is 0.383 e. The fourth-order valence-corrected chi connectivity index (χ4v) is 1.64. The summed E-state index contributed by atoms with van der Waals surface area (Å²) in [5.74, 6) is -0.135. The molecule has 0 aliphatic heterocycles. The standard InChI is InChI=1S/C15H23N3O3/c1-11(2)18-15(20)17-10-12-4-6-13(7-5-12)14(19)16-8-9-21-3/h4-7,11H,8-10H2,1-3H3,(H,16,19)(H2,17,18,20). The van der Waals surface area contributed by atoms with Crippen LogP contribution in [-0.2, 0) is 11.3 Å². The molecule has 0 aromatic heterocycles. The van der Waals surface area contributed by atoms with Gasteiger partial charge in [-0.1, -0.05) is 12.1 Å². The van der Waals surface area contributed by atoms with Gasteiger partial charge in [-0.2, -0.15) is 0 Å². The maximum Gasteiger partial charge on any atom is 0.315 e. The van der Waals surface area contributed by atoms with E-state index in [-0.39, 0.29) is 18.0 Å². The Morgan fingerprint density at radius 3 is 2.38 bits per heavy atom. The van der Waals surface area contributed by atoms with Crippen LogP contribution < -0.4 is 16.0 Å². The molecule has 0 saturated heterocycles. The molecule has 21 heavy (non-hydrogen) atoms. The number of hydrogen-bond acceptors (Lipinski definition) is 3. The minimum Gasteiger partial charge on any atom is -0.383 e. The van der Waals surface area contributed by atoms with Crippen molar-refractivity contribution in [2.45, 2.75) is 26.4 Å². The van der Waals surface area contributed by atoms with Crippen LogP contribution in [0.15, 0.2) is 24.3 Å². The van der Waals surface area contributed by atoms with Gasteiger partial charge in [-0.05, 0) is 31.5 Å². The molecule has 1 rings (SSSR count). The van der Waals surface area contributed by atoms with Crippen LogP contribution in [-0.4, -0.2) is 38.2 Å². The van der Waals surface area contributed by atoms with Crippen molar-refractivity contribution in [1.82, 2.24) is 16.0 Å². The highest BCUT2D eigenvalue weighted by Gasteiger charge is 2.05. The molecular weight excluding hydrogens is 270 g/mol. The van der Waals surface area contributed by atoms with Crippen molar-refractivity contribution in [3.8, 4) is 0 Å². The first kappa shape index (κ1) is 17.0. The molecule has 6 nitrogen and oxygen atoms in total. The van der Waals surface area contributed by atoms with Gasteiger partial charge in [0.15, 0.2) is 0 Å². The van der Waals surface area contributed by atoms with Gasteiger partial charge in [0, 0.05) is 31.8 Å². The summed E-state index contributed by atoms with van der Waals surface area (Å²) < 4.78 is 4.87. The predicted molar refractivity (Wildman–Crippen MR) is 81.2 cm³/mol. The second-order valence-electron chi connectivity index (χ2n) is 4.93. The molecule has 1 aromatic carbocycles. The maximum absolute atomic E-state index is 11.8.